The Morgan fingerprint density at radius 1 is 1.12 bits per heavy atom. The van der Waals surface area contributed by atoms with E-state index in [1.165, 1.54) is 11.3 Å². The van der Waals surface area contributed by atoms with Gasteiger partial charge in [-0.1, -0.05) is 20.8 Å². The second kappa shape index (κ2) is 3.74. The third-order valence-electron chi connectivity index (χ3n) is 2.60. The summed E-state index contributed by atoms with van der Waals surface area (Å²) in [5, 5.41) is 0. The number of aryl methyl sites for hydroxylation is 1. The van der Waals surface area contributed by atoms with E-state index >= 15 is 0 Å². The molecule has 0 N–H and O–H groups in total. The van der Waals surface area contributed by atoms with E-state index in [9.17, 15) is 0 Å². The molecule has 2 rings (SSSR count). The van der Waals surface area contributed by atoms with E-state index in [2.05, 4.69) is 35.3 Å². The second-order valence-electron chi connectivity index (χ2n) is 5.04. The number of nitrogens with zero attached hydrogens (tertiary/aromatic N) is 3. The van der Waals surface area contributed by atoms with E-state index in [-0.39, 0.29) is 5.41 Å². The van der Waals surface area contributed by atoms with E-state index in [0.29, 0.717) is 0 Å². The SMILES string of the molecule is Cn1cnc(C(C)(C)C)c1-c1ccncc1. The Bertz CT molecular complexity index is 478. The van der Waals surface area contributed by atoms with E-state index in [4.69, 9.17) is 0 Å². The minimum Gasteiger partial charge on any atom is -0.334 e. The van der Waals surface area contributed by atoms with Crippen LogP contribution in [0.5, 0.6) is 0 Å². The zero-order chi connectivity index (χ0) is 11.8. The molecule has 0 unspecified atom stereocenters. The molecule has 0 radical (unpaired) electrons. The Labute approximate surface area is 96.2 Å². The van der Waals surface area contributed by atoms with Gasteiger partial charge in [0.15, 0.2) is 0 Å². The lowest BCUT2D eigenvalue weighted by atomic mass is 9.89. The molecule has 3 nitrogen and oxygen atoms in total. The van der Waals surface area contributed by atoms with E-state index in [1.807, 2.05) is 37.9 Å². The Balaban J connectivity index is 2.61. The van der Waals surface area contributed by atoms with Crippen molar-refractivity contribution < 1.29 is 0 Å². The highest BCUT2D eigenvalue weighted by Gasteiger charge is 2.22. The normalized spacial score (nSPS) is 11.8. The Morgan fingerprint density at radius 3 is 2.31 bits per heavy atom. The Morgan fingerprint density at radius 2 is 1.75 bits per heavy atom. The van der Waals surface area contributed by atoms with Crippen LogP contribution in [0.2, 0.25) is 0 Å². The van der Waals surface area contributed by atoms with E-state index < -0.39 is 0 Å². The van der Waals surface area contributed by atoms with Crippen LogP contribution in [0.4, 0.5) is 0 Å². The number of aromatic nitrogens is 3. The van der Waals surface area contributed by atoms with Crippen LogP contribution in [0.3, 0.4) is 0 Å². The average Bonchev–Trinajstić information content (AvgIpc) is 2.61. The summed E-state index contributed by atoms with van der Waals surface area (Å²) in [6.07, 6.45) is 5.50. The molecule has 0 fully saturated rings. The van der Waals surface area contributed by atoms with Crippen LogP contribution < -0.4 is 0 Å². The number of imidazole rings is 1. The Kier molecular flexibility index (Phi) is 2.54. The average molecular weight is 215 g/mol. The predicted molar refractivity (Wildman–Crippen MR) is 65.1 cm³/mol. The molecule has 0 spiro atoms. The lowest BCUT2D eigenvalue weighted by Crippen LogP contribution is -2.13. The molecule has 0 aromatic carbocycles. The molecule has 2 aromatic heterocycles. The summed E-state index contributed by atoms with van der Waals surface area (Å²) < 4.78 is 2.07. The largest absolute Gasteiger partial charge is 0.334 e. The highest BCUT2D eigenvalue weighted by molar-refractivity contribution is 5.63. The van der Waals surface area contributed by atoms with Gasteiger partial charge in [0.2, 0.25) is 0 Å². The number of hydrogen-bond donors (Lipinski definition) is 0. The summed E-state index contributed by atoms with van der Waals surface area (Å²) in [4.78, 5) is 8.55. The van der Waals surface area contributed by atoms with Gasteiger partial charge < -0.3 is 4.57 Å². The maximum Gasteiger partial charge on any atom is 0.0952 e. The van der Waals surface area contributed by atoms with Gasteiger partial charge in [0.1, 0.15) is 0 Å². The summed E-state index contributed by atoms with van der Waals surface area (Å²) in [7, 11) is 2.03. The minimum atomic E-state index is 0.0554. The molecule has 16 heavy (non-hydrogen) atoms. The van der Waals surface area contributed by atoms with Gasteiger partial charge in [0.05, 0.1) is 17.7 Å². The first-order valence-electron chi connectivity index (χ1n) is 5.42. The van der Waals surface area contributed by atoms with Crippen molar-refractivity contribution in [3.8, 4) is 11.3 Å². The molecule has 84 valence electrons. The molecule has 3 heteroatoms. The van der Waals surface area contributed by atoms with Gasteiger partial charge in [-0.05, 0) is 12.1 Å². The Hall–Kier alpha value is -1.64. The van der Waals surface area contributed by atoms with E-state index in [0.717, 1.165) is 5.69 Å². The second-order valence-corrected chi connectivity index (χ2v) is 5.04. The zero-order valence-corrected chi connectivity index (χ0v) is 10.2. The molecular weight excluding hydrogens is 198 g/mol. The van der Waals surface area contributed by atoms with Crippen molar-refractivity contribution in [1.29, 1.82) is 0 Å². The van der Waals surface area contributed by atoms with Crippen molar-refractivity contribution in [2.75, 3.05) is 0 Å². The van der Waals surface area contributed by atoms with Gasteiger partial charge in [-0.15, -0.1) is 0 Å². The predicted octanol–water partition coefficient (Wildman–Crippen LogP) is 2.78. The van der Waals surface area contributed by atoms with Crippen molar-refractivity contribution in [3.05, 3.63) is 36.5 Å². The van der Waals surface area contributed by atoms with Crippen LogP contribution in [0, 0.1) is 0 Å². The van der Waals surface area contributed by atoms with Crippen LogP contribution in [-0.4, -0.2) is 14.5 Å². The standard InChI is InChI=1S/C13H17N3/c1-13(2,3)12-11(16(4)9-15-12)10-5-7-14-8-6-10/h5-9H,1-4H3. The van der Waals surface area contributed by atoms with Crippen molar-refractivity contribution in [3.63, 3.8) is 0 Å². The van der Waals surface area contributed by atoms with Gasteiger partial charge in [0, 0.05) is 30.4 Å². The van der Waals surface area contributed by atoms with Crippen LogP contribution in [0.15, 0.2) is 30.9 Å². The molecule has 0 aliphatic carbocycles. The fourth-order valence-electron chi connectivity index (χ4n) is 1.83. The first-order valence-corrected chi connectivity index (χ1v) is 5.42. The molecule has 0 atom stereocenters. The fraction of sp³-hybridized carbons (Fsp3) is 0.385. The van der Waals surface area contributed by atoms with Gasteiger partial charge in [-0.2, -0.15) is 0 Å². The summed E-state index contributed by atoms with van der Waals surface area (Å²) in [5.41, 5.74) is 3.52. The fourth-order valence-corrected chi connectivity index (χ4v) is 1.83. The van der Waals surface area contributed by atoms with E-state index in [1.54, 1.807) is 0 Å². The van der Waals surface area contributed by atoms with Crippen molar-refractivity contribution in [2.24, 2.45) is 7.05 Å². The van der Waals surface area contributed by atoms with Gasteiger partial charge in [-0.25, -0.2) is 4.98 Å². The monoisotopic (exact) mass is 215 g/mol. The molecule has 2 aromatic rings. The quantitative estimate of drug-likeness (QED) is 0.732. The topological polar surface area (TPSA) is 30.7 Å². The van der Waals surface area contributed by atoms with Crippen LogP contribution in [0.1, 0.15) is 26.5 Å². The van der Waals surface area contributed by atoms with Crippen molar-refractivity contribution in [2.45, 2.75) is 26.2 Å². The maximum atomic E-state index is 4.51. The number of pyridine rings is 1. The highest BCUT2D eigenvalue weighted by atomic mass is 15.0. The van der Waals surface area contributed by atoms with Gasteiger partial charge >= 0.3 is 0 Å². The van der Waals surface area contributed by atoms with Crippen LogP contribution in [0.25, 0.3) is 11.3 Å². The molecule has 0 aliphatic rings. The molecule has 0 bridgehead atoms. The van der Waals surface area contributed by atoms with Crippen molar-refractivity contribution in [1.82, 2.24) is 14.5 Å². The maximum absolute atomic E-state index is 4.51. The first kappa shape index (κ1) is 10.9. The number of rotatable bonds is 1. The summed E-state index contributed by atoms with van der Waals surface area (Å²) in [5.74, 6) is 0. The van der Waals surface area contributed by atoms with Crippen LogP contribution in [-0.2, 0) is 12.5 Å². The third-order valence-corrected chi connectivity index (χ3v) is 2.60. The van der Waals surface area contributed by atoms with Gasteiger partial charge in [-0.3, -0.25) is 4.98 Å². The minimum absolute atomic E-state index is 0.0554. The van der Waals surface area contributed by atoms with Crippen molar-refractivity contribution >= 4 is 0 Å². The summed E-state index contributed by atoms with van der Waals surface area (Å²) >= 11 is 0. The van der Waals surface area contributed by atoms with Gasteiger partial charge in [0.25, 0.3) is 0 Å². The first-order chi connectivity index (χ1) is 7.50. The molecule has 0 saturated carbocycles. The lowest BCUT2D eigenvalue weighted by molar-refractivity contribution is 0.573. The molecular formula is C13H17N3. The molecule has 2 heterocycles. The number of hydrogen-bond acceptors (Lipinski definition) is 2. The summed E-state index contributed by atoms with van der Waals surface area (Å²) in [6.45, 7) is 6.54. The zero-order valence-electron chi connectivity index (χ0n) is 10.2. The smallest absolute Gasteiger partial charge is 0.0952 e. The highest BCUT2D eigenvalue weighted by Crippen LogP contribution is 2.30. The lowest BCUT2D eigenvalue weighted by Gasteiger charge is -2.18. The summed E-state index contributed by atoms with van der Waals surface area (Å²) in [6, 6.07) is 4.04. The molecule has 0 aliphatic heterocycles. The molecule has 0 saturated heterocycles. The third kappa shape index (κ3) is 1.85. The van der Waals surface area contributed by atoms with Crippen LogP contribution >= 0.6 is 0 Å². The molecule has 0 amide bonds.